The van der Waals surface area contributed by atoms with E-state index in [0.717, 1.165) is 12.1 Å². The molecule has 1 aromatic heterocycles. The Hall–Kier alpha value is -5.14. The maximum atomic E-state index is 13.1. The lowest BCUT2D eigenvalue weighted by atomic mass is 10.1. The molecule has 0 fully saturated rings. The summed E-state index contributed by atoms with van der Waals surface area (Å²) in [4.78, 5) is 33.5. The van der Waals surface area contributed by atoms with Crippen molar-refractivity contribution in [3.05, 3.63) is 96.4 Å². The van der Waals surface area contributed by atoms with Crippen LogP contribution >= 0.6 is 0 Å². The Balaban J connectivity index is 1.77. The Morgan fingerprint density at radius 2 is 1.42 bits per heavy atom. The molecule has 0 amide bonds. The van der Waals surface area contributed by atoms with E-state index in [0.29, 0.717) is 11.5 Å². The molecule has 0 radical (unpaired) electrons. The molecular weight excluding hydrogens is 517 g/mol. The largest absolute Gasteiger partial charge is 0.497 e. The molecule has 38 heavy (non-hydrogen) atoms. The number of alkyl halides is 3. The third kappa shape index (κ3) is 5.04. The van der Waals surface area contributed by atoms with Gasteiger partial charge in [0.2, 0.25) is 11.2 Å². The van der Waals surface area contributed by atoms with Gasteiger partial charge in [-0.1, -0.05) is 6.07 Å². The summed E-state index contributed by atoms with van der Waals surface area (Å²) in [6, 6.07) is 10.2. The summed E-state index contributed by atoms with van der Waals surface area (Å²) in [5.74, 6) is -0.598. The number of hydrogen-bond acceptors (Lipinski definition) is 9. The van der Waals surface area contributed by atoms with Crippen LogP contribution < -0.4 is 19.6 Å². The number of benzene rings is 3. The van der Waals surface area contributed by atoms with Gasteiger partial charge in [0, 0.05) is 24.3 Å². The first kappa shape index (κ1) is 25.9. The van der Waals surface area contributed by atoms with E-state index in [1.807, 2.05) is 0 Å². The molecule has 0 bridgehead atoms. The van der Waals surface area contributed by atoms with Crippen molar-refractivity contribution in [2.24, 2.45) is 0 Å². The van der Waals surface area contributed by atoms with Crippen LogP contribution in [-0.2, 0) is 6.18 Å². The average Bonchev–Trinajstić information content (AvgIpc) is 2.85. The van der Waals surface area contributed by atoms with E-state index in [1.165, 1.54) is 20.1 Å². The zero-order valence-corrected chi connectivity index (χ0v) is 19.4. The fraction of sp³-hybridized carbons (Fsp3) is 0.125. The molecule has 4 aromatic rings. The molecule has 11 nitrogen and oxygen atoms in total. The monoisotopic (exact) mass is 532 g/mol. The van der Waals surface area contributed by atoms with Gasteiger partial charge in [0.25, 0.3) is 5.75 Å². The molecule has 1 heterocycles. The van der Waals surface area contributed by atoms with Gasteiger partial charge in [0.05, 0.1) is 27.9 Å². The second kappa shape index (κ2) is 9.72. The molecular formula is C24H15F3N2O9. The molecule has 4 rings (SSSR count). The predicted molar refractivity (Wildman–Crippen MR) is 125 cm³/mol. The maximum absolute atomic E-state index is 13.1. The Morgan fingerprint density at radius 3 is 2.00 bits per heavy atom. The van der Waals surface area contributed by atoms with Crippen LogP contribution in [-0.4, -0.2) is 17.0 Å². The van der Waals surface area contributed by atoms with Crippen molar-refractivity contribution in [1.29, 1.82) is 0 Å². The van der Waals surface area contributed by atoms with Gasteiger partial charge >= 0.3 is 17.6 Å². The minimum atomic E-state index is -5.08. The molecule has 0 aliphatic rings. The lowest BCUT2D eigenvalue weighted by Crippen LogP contribution is -2.09. The number of fused-ring (bicyclic) bond motifs is 1. The molecule has 0 saturated carbocycles. The number of aryl methyl sites for hydroxylation is 1. The normalized spacial score (nSPS) is 11.3. The first-order chi connectivity index (χ1) is 17.9. The van der Waals surface area contributed by atoms with Gasteiger partial charge < -0.3 is 18.6 Å². The van der Waals surface area contributed by atoms with Gasteiger partial charge in [-0.3, -0.25) is 25.0 Å². The summed E-state index contributed by atoms with van der Waals surface area (Å²) in [7, 11) is 1.46. The number of nitro benzene ring substituents is 2. The Bertz CT molecular complexity index is 1610. The average molecular weight is 532 g/mol. The highest BCUT2D eigenvalue weighted by atomic mass is 19.4. The molecule has 3 aromatic carbocycles. The summed E-state index contributed by atoms with van der Waals surface area (Å²) >= 11 is 0. The van der Waals surface area contributed by atoms with Crippen LogP contribution in [0.2, 0.25) is 0 Å². The van der Waals surface area contributed by atoms with E-state index in [9.17, 15) is 38.2 Å². The van der Waals surface area contributed by atoms with Crippen molar-refractivity contribution in [2.75, 3.05) is 7.11 Å². The number of ether oxygens (including phenoxy) is 3. The molecule has 0 aliphatic heterocycles. The van der Waals surface area contributed by atoms with Crippen molar-refractivity contribution in [1.82, 2.24) is 0 Å². The standard InChI is InChI=1S/C24H15F3N2O9/c1-12-22(37-15-5-3-4-14(10-15)35-2)21(30)17-7-6-16(11-20(17)36-12)38-23-18(28(31)32)8-13(24(25,26)27)9-19(23)29(33)34/h3-11H,1-2H3. The number of nitro groups is 2. The van der Waals surface area contributed by atoms with Crippen LogP contribution in [0.25, 0.3) is 11.0 Å². The van der Waals surface area contributed by atoms with Gasteiger partial charge in [-0.25, -0.2) is 0 Å². The van der Waals surface area contributed by atoms with Gasteiger partial charge in [-0.05, 0) is 31.2 Å². The highest BCUT2D eigenvalue weighted by Gasteiger charge is 2.38. The lowest BCUT2D eigenvalue weighted by molar-refractivity contribution is -0.396. The van der Waals surface area contributed by atoms with E-state index >= 15 is 0 Å². The molecule has 0 aliphatic carbocycles. The minimum Gasteiger partial charge on any atom is -0.497 e. The Kier molecular flexibility index (Phi) is 6.64. The summed E-state index contributed by atoms with van der Waals surface area (Å²) in [6.45, 7) is 1.44. The van der Waals surface area contributed by atoms with Crippen LogP contribution in [0.3, 0.4) is 0 Å². The van der Waals surface area contributed by atoms with Crippen molar-refractivity contribution < 1.29 is 41.6 Å². The van der Waals surface area contributed by atoms with E-state index < -0.39 is 44.1 Å². The molecule has 0 N–H and O–H groups in total. The first-order valence-electron chi connectivity index (χ1n) is 10.5. The Morgan fingerprint density at radius 1 is 0.842 bits per heavy atom. The Labute approximate surface area is 209 Å². The molecule has 0 saturated heterocycles. The van der Waals surface area contributed by atoms with Crippen molar-refractivity contribution in [2.45, 2.75) is 13.1 Å². The summed E-state index contributed by atoms with van der Waals surface area (Å²) in [5.41, 5.74) is -4.78. The SMILES string of the molecule is COc1cccc(Oc2c(C)oc3cc(Oc4c([N+](=O)[O-])cc(C(F)(F)F)cc4[N+](=O)[O-])ccc3c2=O)c1. The van der Waals surface area contributed by atoms with Gasteiger partial charge in [-0.15, -0.1) is 0 Å². The number of halogens is 3. The fourth-order valence-corrected chi connectivity index (χ4v) is 3.49. The number of nitrogens with zero attached hydrogens (tertiary/aromatic N) is 2. The van der Waals surface area contributed by atoms with Crippen LogP contribution in [0.15, 0.2) is 63.8 Å². The van der Waals surface area contributed by atoms with Gasteiger partial charge in [0.1, 0.15) is 28.6 Å². The smallest absolute Gasteiger partial charge is 0.416 e. The van der Waals surface area contributed by atoms with Gasteiger partial charge in [0.15, 0.2) is 0 Å². The predicted octanol–water partition coefficient (Wildman–Crippen LogP) is 6.53. The van der Waals surface area contributed by atoms with Crippen LogP contribution in [0, 0.1) is 27.2 Å². The summed E-state index contributed by atoms with van der Waals surface area (Å²) < 4.78 is 61.2. The first-order valence-corrected chi connectivity index (χ1v) is 10.5. The number of hydrogen-bond donors (Lipinski definition) is 0. The maximum Gasteiger partial charge on any atom is 0.416 e. The quantitative estimate of drug-likeness (QED) is 0.192. The van der Waals surface area contributed by atoms with E-state index in [-0.39, 0.29) is 40.4 Å². The van der Waals surface area contributed by atoms with E-state index in [2.05, 4.69) is 0 Å². The lowest BCUT2D eigenvalue weighted by Gasteiger charge is -2.12. The number of methoxy groups -OCH3 is 1. The molecule has 0 atom stereocenters. The van der Waals surface area contributed by atoms with Gasteiger partial charge in [-0.2, -0.15) is 13.2 Å². The van der Waals surface area contributed by atoms with Crippen LogP contribution in [0.4, 0.5) is 24.5 Å². The zero-order chi connectivity index (χ0) is 27.8. The molecule has 14 heteroatoms. The van der Waals surface area contributed by atoms with Crippen molar-refractivity contribution >= 4 is 22.3 Å². The highest BCUT2D eigenvalue weighted by molar-refractivity contribution is 5.80. The van der Waals surface area contributed by atoms with Crippen LogP contribution in [0.5, 0.6) is 28.7 Å². The third-order valence-electron chi connectivity index (χ3n) is 5.24. The molecule has 196 valence electrons. The third-order valence-corrected chi connectivity index (χ3v) is 5.24. The van der Waals surface area contributed by atoms with Crippen LogP contribution in [0.1, 0.15) is 11.3 Å². The van der Waals surface area contributed by atoms with Crippen molar-refractivity contribution in [3.8, 4) is 28.7 Å². The highest BCUT2D eigenvalue weighted by Crippen LogP contribution is 2.44. The number of rotatable bonds is 7. The van der Waals surface area contributed by atoms with Crippen molar-refractivity contribution in [3.63, 3.8) is 0 Å². The molecule has 0 unspecified atom stereocenters. The second-order valence-corrected chi connectivity index (χ2v) is 7.71. The summed E-state index contributed by atoms with van der Waals surface area (Å²) in [6.07, 6.45) is -5.08. The molecule has 0 spiro atoms. The van der Waals surface area contributed by atoms with E-state index in [1.54, 1.807) is 24.3 Å². The fourth-order valence-electron chi connectivity index (χ4n) is 3.49. The van der Waals surface area contributed by atoms with E-state index in [4.69, 9.17) is 18.6 Å². The summed E-state index contributed by atoms with van der Waals surface area (Å²) in [5, 5.41) is 22.9. The topological polar surface area (TPSA) is 144 Å². The zero-order valence-electron chi connectivity index (χ0n) is 19.4. The minimum absolute atomic E-state index is 0.0114. The second-order valence-electron chi connectivity index (χ2n) is 7.71.